The lowest BCUT2D eigenvalue weighted by atomic mass is 10.2. The van der Waals surface area contributed by atoms with Crippen molar-refractivity contribution in [3.05, 3.63) is 22.8 Å². The van der Waals surface area contributed by atoms with E-state index in [1.54, 1.807) is 0 Å². The predicted octanol–water partition coefficient (Wildman–Crippen LogP) is 3.30. The van der Waals surface area contributed by atoms with Crippen LogP contribution in [0.3, 0.4) is 0 Å². The molecule has 96 valence electrons. The van der Waals surface area contributed by atoms with Gasteiger partial charge >= 0.3 is 0 Å². The molecular weight excluding hydrogens is 234 g/mol. The van der Waals surface area contributed by atoms with Crippen molar-refractivity contribution >= 4 is 17.4 Å². The number of pyridine rings is 1. The molecule has 0 atom stereocenters. The van der Waals surface area contributed by atoms with Crippen molar-refractivity contribution < 1.29 is 0 Å². The summed E-state index contributed by atoms with van der Waals surface area (Å²) in [7, 11) is 0. The van der Waals surface area contributed by atoms with Crippen molar-refractivity contribution in [2.75, 3.05) is 18.4 Å². The first-order valence-electron chi connectivity index (χ1n) is 6.22. The largest absolute Gasteiger partial charge is 0.369 e. The van der Waals surface area contributed by atoms with Crippen molar-refractivity contribution in [2.45, 2.75) is 33.7 Å². The minimum absolute atomic E-state index is 0.656. The van der Waals surface area contributed by atoms with Crippen LogP contribution in [0.1, 0.15) is 32.8 Å². The molecule has 17 heavy (non-hydrogen) atoms. The number of hydrogen-bond acceptors (Lipinski definition) is 3. The van der Waals surface area contributed by atoms with Crippen LogP contribution in [-0.4, -0.2) is 18.1 Å². The molecule has 0 bridgehead atoms. The van der Waals surface area contributed by atoms with Gasteiger partial charge in [0.1, 0.15) is 5.82 Å². The third-order valence-electron chi connectivity index (χ3n) is 2.32. The minimum Gasteiger partial charge on any atom is -0.369 e. The molecule has 2 N–H and O–H groups in total. The van der Waals surface area contributed by atoms with Crippen molar-refractivity contribution in [1.82, 2.24) is 10.3 Å². The number of nitrogens with one attached hydrogen (secondary N) is 2. The van der Waals surface area contributed by atoms with Crippen molar-refractivity contribution in [3.63, 3.8) is 0 Å². The number of hydrogen-bond donors (Lipinski definition) is 2. The molecule has 0 saturated heterocycles. The van der Waals surface area contributed by atoms with Crippen LogP contribution >= 0.6 is 11.6 Å². The Kier molecular flexibility index (Phi) is 6.30. The van der Waals surface area contributed by atoms with Crippen molar-refractivity contribution in [2.24, 2.45) is 5.92 Å². The highest BCUT2D eigenvalue weighted by Gasteiger charge is 2.03. The first-order chi connectivity index (χ1) is 8.13. The Morgan fingerprint density at radius 2 is 2.18 bits per heavy atom. The fraction of sp³-hybridized carbons (Fsp3) is 0.615. The highest BCUT2D eigenvalue weighted by atomic mass is 35.5. The lowest BCUT2D eigenvalue weighted by Gasteiger charge is -2.10. The average Bonchev–Trinajstić information content (AvgIpc) is 2.27. The fourth-order valence-electron chi connectivity index (χ4n) is 1.45. The summed E-state index contributed by atoms with van der Waals surface area (Å²) in [5.74, 6) is 1.44. The third kappa shape index (κ3) is 5.37. The van der Waals surface area contributed by atoms with E-state index in [-0.39, 0.29) is 0 Å². The van der Waals surface area contributed by atoms with Crippen LogP contribution < -0.4 is 10.6 Å². The first kappa shape index (κ1) is 14.3. The summed E-state index contributed by atoms with van der Waals surface area (Å²) < 4.78 is 0. The van der Waals surface area contributed by atoms with Gasteiger partial charge < -0.3 is 10.6 Å². The second-order valence-corrected chi connectivity index (χ2v) is 5.03. The Bertz CT molecular complexity index is 339. The molecule has 0 unspecified atom stereocenters. The molecule has 0 saturated carbocycles. The first-order valence-corrected chi connectivity index (χ1v) is 6.60. The molecule has 1 rings (SSSR count). The maximum Gasteiger partial charge on any atom is 0.144 e. The van der Waals surface area contributed by atoms with E-state index in [0.29, 0.717) is 10.9 Å². The van der Waals surface area contributed by atoms with E-state index in [0.717, 1.165) is 37.4 Å². The van der Waals surface area contributed by atoms with Crippen LogP contribution in [0.15, 0.2) is 12.3 Å². The van der Waals surface area contributed by atoms with Crippen LogP contribution in [0.4, 0.5) is 5.82 Å². The summed E-state index contributed by atoms with van der Waals surface area (Å²) >= 11 is 6.15. The molecule has 0 fully saturated rings. The van der Waals surface area contributed by atoms with Gasteiger partial charge in [-0.05, 0) is 30.5 Å². The SMILES string of the molecule is CCCNc1ncc(CNCC(C)C)cc1Cl. The minimum atomic E-state index is 0.656. The molecule has 0 aromatic carbocycles. The Hall–Kier alpha value is -0.800. The molecule has 1 aromatic heterocycles. The number of anilines is 1. The van der Waals surface area contributed by atoms with Gasteiger partial charge in [-0.1, -0.05) is 32.4 Å². The summed E-state index contributed by atoms with van der Waals surface area (Å²) in [6, 6.07) is 1.97. The summed E-state index contributed by atoms with van der Waals surface area (Å²) in [5, 5.41) is 7.27. The lowest BCUT2D eigenvalue weighted by Crippen LogP contribution is -2.19. The molecule has 0 amide bonds. The van der Waals surface area contributed by atoms with Crippen LogP contribution in [0.25, 0.3) is 0 Å². The highest BCUT2D eigenvalue weighted by molar-refractivity contribution is 6.32. The molecular formula is C13H22ClN3. The van der Waals surface area contributed by atoms with Gasteiger partial charge in [-0.15, -0.1) is 0 Å². The molecule has 0 aliphatic rings. The van der Waals surface area contributed by atoms with Gasteiger partial charge in [0.2, 0.25) is 0 Å². The van der Waals surface area contributed by atoms with Crippen LogP contribution in [-0.2, 0) is 6.54 Å². The quantitative estimate of drug-likeness (QED) is 0.785. The zero-order valence-corrected chi connectivity index (χ0v) is 11.6. The fourth-order valence-corrected chi connectivity index (χ4v) is 1.71. The molecule has 3 nitrogen and oxygen atoms in total. The second kappa shape index (κ2) is 7.51. The molecule has 0 radical (unpaired) electrons. The summed E-state index contributed by atoms with van der Waals surface area (Å²) in [6.45, 7) is 9.22. The van der Waals surface area contributed by atoms with Gasteiger partial charge in [0.05, 0.1) is 5.02 Å². The van der Waals surface area contributed by atoms with Gasteiger partial charge in [0.25, 0.3) is 0 Å². The smallest absolute Gasteiger partial charge is 0.144 e. The number of halogens is 1. The van der Waals surface area contributed by atoms with Crippen LogP contribution in [0.2, 0.25) is 5.02 Å². The number of aromatic nitrogens is 1. The third-order valence-corrected chi connectivity index (χ3v) is 2.61. The number of nitrogens with zero attached hydrogens (tertiary/aromatic N) is 1. The number of rotatable bonds is 7. The van der Waals surface area contributed by atoms with E-state index in [4.69, 9.17) is 11.6 Å². The van der Waals surface area contributed by atoms with E-state index in [2.05, 4.69) is 36.4 Å². The molecule has 1 heterocycles. The lowest BCUT2D eigenvalue weighted by molar-refractivity contribution is 0.552. The molecule has 0 aliphatic heterocycles. The standard InChI is InChI=1S/C13H22ClN3/c1-4-5-16-13-12(14)6-11(9-17-13)8-15-7-10(2)3/h6,9-10,15H,4-5,7-8H2,1-3H3,(H,16,17). The summed E-state index contributed by atoms with van der Waals surface area (Å²) in [4.78, 5) is 4.33. The zero-order valence-electron chi connectivity index (χ0n) is 10.9. The predicted molar refractivity (Wildman–Crippen MR) is 74.6 cm³/mol. The molecule has 0 spiro atoms. The Morgan fingerprint density at radius 1 is 1.41 bits per heavy atom. The molecule has 0 aliphatic carbocycles. The van der Waals surface area contributed by atoms with Crippen molar-refractivity contribution in [3.8, 4) is 0 Å². The Morgan fingerprint density at radius 3 is 2.76 bits per heavy atom. The van der Waals surface area contributed by atoms with E-state index in [1.807, 2.05) is 12.3 Å². The highest BCUT2D eigenvalue weighted by Crippen LogP contribution is 2.19. The van der Waals surface area contributed by atoms with Crippen LogP contribution in [0, 0.1) is 5.92 Å². The van der Waals surface area contributed by atoms with Gasteiger partial charge in [-0.25, -0.2) is 4.98 Å². The monoisotopic (exact) mass is 255 g/mol. The normalized spacial score (nSPS) is 10.9. The van der Waals surface area contributed by atoms with Gasteiger partial charge in [-0.3, -0.25) is 0 Å². The molecule has 4 heteroatoms. The van der Waals surface area contributed by atoms with Gasteiger partial charge in [-0.2, -0.15) is 0 Å². The zero-order chi connectivity index (χ0) is 12.7. The maximum atomic E-state index is 6.15. The van der Waals surface area contributed by atoms with E-state index in [9.17, 15) is 0 Å². The topological polar surface area (TPSA) is 37.0 Å². The summed E-state index contributed by atoms with van der Waals surface area (Å²) in [6.07, 6.45) is 2.94. The van der Waals surface area contributed by atoms with E-state index < -0.39 is 0 Å². The Labute approximate surface area is 109 Å². The van der Waals surface area contributed by atoms with Gasteiger partial charge in [0.15, 0.2) is 0 Å². The second-order valence-electron chi connectivity index (χ2n) is 4.63. The van der Waals surface area contributed by atoms with Crippen molar-refractivity contribution in [1.29, 1.82) is 0 Å². The maximum absolute atomic E-state index is 6.15. The molecule has 1 aromatic rings. The summed E-state index contributed by atoms with van der Waals surface area (Å²) in [5.41, 5.74) is 1.12. The van der Waals surface area contributed by atoms with E-state index in [1.165, 1.54) is 0 Å². The average molecular weight is 256 g/mol. The van der Waals surface area contributed by atoms with Gasteiger partial charge in [0, 0.05) is 19.3 Å². The van der Waals surface area contributed by atoms with Crippen LogP contribution in [0.5, 0.6) is 0 Å². The van der Waals surface area contributed by atoms with E-state index >= 15 is 0 Å². The Balaban J connectivity index is 2.50.